The Hall–Kier alpha value is -1.10. The minimum atomic E-state index is -0.472. The molecule has 0 aromatic heterocycles. The van der Waals surface area contributed by atoms with Crippen molar-refractivity contribution in [2.24, 2.45) is 10.8 Å². The standard InChI is InChI=1S/C16H28N2O3/c1-15(2)8-12-9-16(3,10-15)11-18(12)14(20)13(19)17-6-5-7-21-4/h12H,5-11H2,1-4H3,(H,17,19). The molecule has 0 spiro atoms. The van der Waals surface area contributed by atoms with Crippen molar-refractivity contribution in [2.75, 3.05) is 26.8 Å². The molecule has 1 N–H and O–H groups in total. The number of carbonyl (C=O) groups excluding carboxylic acids is 2. The summed E-state index contributed by atoms with van der Waals surface area (Å²) >= 11 is 0. The Morgan fingerprint density at radius 3 is 2.67 bits per heavy atom. The zero-order valence-electron chi connectivity index (χ0n) is 13.7. The van der Waals surface area contributed by atoms with E-state index in [1.165, 1.54) is 0 Å². The molecule has 2 amide bonds. The maximum atomic E-state index is 12.4. The Morgan fingerprint density at radius 1 is 1.29 bits per heavy atom. The lowest BCUT2D eigenvalue weighted by Gasteiger charge is -2.39. The number of carbonyl (C=O) groups is 2. The highest BCUT2D eigenvalue weighted by Crippen LogP contribution is 2.52. The van der Waals surface area contributed by atoms with Gasteiger partial charge in [-0.25, -0.2) is 0 Å². The van der Waals surface area contributed by atoms with Gasteiger partial charge in [-0.1, -0.05) is 20.8 Å². The molecule has 1 aliphatic heterocycles. The number of nitrogens with zero attached hydrogens (tertiary/aromatic N) is 1. The number of methoxy groups -OCH3 is 1. The molecule has 0 aromatic rings. The summed E-state index contributed by atoms with van der Waals surface area (Å²) in [6.07, 6.45) is 3.86. The molecule has 1 saturated heterocycles. The Bertz CT molecular complexity index is 422. The summed E-state index contributed by atoms with van der Waals surface area (Å²) in [6, 6.07) is 0.218. The first-order valence-corrected chi connectivity index (χ1v) is 7.84. The van der Waals surface area contributed by atoms with E-state index in [2.05, 4.69) is 26.1 Å². The van der Waals surface area contributed by atoms with Gasteiger partial charge in [-0.3, -0.25) is 9.59 Å². The number of ether oxygens (including phenoxy) is 1. The van der Waals surface area contributed by atoms with Crippen LogP contribution in [-0.2, 0) is 14.3 Å². The maximum Gasteiger partial charge on any atom is 0.312 e. The summed E-state index contributed by atoms with van der Waals surface area (Å²) in [5, 5.41) is 2.70. The second kappa shape index (κ2) is 5.95. The van der Waals surface area contributed by atoms with Crippen molar-refractivity contribution in [1.82, 2.24) is 10.2 Å². The Kier molecular flexibility index (Phi) is 4.61. The van der Waals surface area contributed by atoms with Crippen LogP contribution in [0, 0.1) is 10.8 Å². The van der Waals surface area contributed by atoms with E-state index in [0.29, 0.717) is 19.7 Å². The normalized spacial score (nSPS) is 30.3. The van der Waals surface area contributed by atoms with Gasteiger partial charge in [0.05, 0.1) is 0 Å². The van der Waals surface area contributed by atoms with Crippen LogP contribution in [0.15, 0.2) is 0 Å². The number of hydrogen-bond donors (Lipinski definition) is 1. The van der Waals surface area contributed by atoms with Crippen molar-refractivity contribution in [3.8, 4) is 0 Å². The van der Waals surface area contributed by atoms with Gasteiger partial charge in [0.25, 0.3) is 0 Å². The minimum absolute atomic E-state index is 0.165. The van der Waals surface area contributed by atoms with E-state index in [4.69, 9.17) is 4.74 Å². The van der Waals surface area contributed by atoms with E-state index in [1.54, 1.807) is 12.0 Å². The second-order valence-electron chi connectivity index (χ2n) is 7.75. The van der Waals surface area contributed by atoms with Crippen molar-refractivity contribution in [1.29, 1.82) is 0 Å². The monoisotopic (exact) mass is 296 g/mol. The number of likely N-dealkylation sites (tertiary alicyclic amines) is 1. The molecule has 2 bridgehead atoms. The lowest BCUT2D eigenvalue weighted by atomic mass is 9.65. The average molecular weight is 296 g/mol. The molecule has 2 atom stereocenters. The SMILES string of the molecule is COCCCNC(=O)C(=O)N1CC2(C)CC1CC(C)(C)C2. The Labute approximate surface area is 127 Å². The van der Waals surface area contributed by atoms with Crippen LogP contribution in [0.2, 0.25) is 0 Å². The number of hydrogen-bond acceptors (Lipinski definition) is 3. The van der Waals surface area contributed by atoms with Gasteiger partial charge in [-0.05, 0) is 36.5 Å². The molecule has 2 rings (SSSR count). The highest BCUT2D eigenvalue weighted by Gasteiger charge is 2.51. The lowest BCUT2D eigenvalue weighted by Crippen LogP contribution is -2.46. The molecule has 2 aliphatic rings. The van der Waals surface area contributed by atoms with Crippen LogP contribution in [-0.4, -0.2) is 49.6 Å². The molecule has 0 radical (unpaired) electrons. The van der Waals surface area contributed by atoms with Crippen molar-refractivity contribution in [2.45, 2.75) is 52.5 Å². The average Bonchev–Trinajstić information content (AvgIpc) is 2.62. The second-order valence-corrected chi connectivity index (χ2v) is 7.75. The summed E-state index contributed by atoms with van der Waals surface area (Å²) in [4.78, 5) is 26.2. The zero-order chi connectivity index (χ0) is 15.7. The topological polar surface area (TPSA) is 58.6 Å². The molecule has 5 heteroatoms. The first-order valence-electron chi connectivity index (χ1n) is 7.84. The third-order valence-corrected chi connectivity index (χ3v) is 4.68. The largest absolute Gasteiger partial charge is 0.385 e. The van der Waals surface area contributed by atoms with Crippen LogP contribution >= 0.6 is 0 Å². The number of nitrogens with one attached hydrogen (secondary N) is 1. The predicted octanol–water partition coefficient (Wildman–Crippen LogP) is 1.57. The van der Waals surface area contributed by atoms with Gasteiger partial charge in [0, 0.05) is 32.8 Å². The molecule has 1 aliphatic carbocycles. The predicted molar refractivity (Wildman–Crippen MR) is 80.7 cm³/mol. The summed E-state index contributed by atoms with van der Waals surface area (Å²) in [5.74, 6) is -0.834. The third-order valence-electron chi connectivity index (χ3n) is 4.68. The molecule has 0 aromatic carbocycles. The third kappa shape index (κ3) is 3.76. The van der Waals surface area contributed by atoms with Crippen LogP contribution in [0.25, 0.3) is 0 Å². The van der Waals surface area contributed by atoms with E-state index >= 15 is 0 Å². The van der Waals surface area contributed by atoms with Crippen LogP contribution in [0.3, 0.4) is 0 Å². The Balaban J connectivity index is 1.93. The van der Waals surface area contributed by atoms with Gasteiger partial charge >= 0.3 is 11.8 Å². The van der Waals surface area contributed by atoms with Gasteiger partial charge in [-0.2, -0.15) is 0 Å². The van der Waals surface area contributed by atoms with Crippen LogP contribution < -0.4 is 5.32 Å². The van der Waals surface area contributed by atoms with E-state index in [-0.39, 0.29) is 22.8 Å². The van der Waals surface area contributed by atoms with Crippen molar-refractivity contribution in [3.63, 3.8) is 0 Å². The molecule has 1 saturated carbocycles. The van der Waals surface area contributed by atoms with Crippen molar-refractivity contribution in [3.05, 3.63) is 0 Å². The van der Waals surface area contributed by atoms with Gasteiger partial charge in [-0.15, -0.1) is 0 Å². The molecule has 2 fully saturated rings. The molecular weight excluding hydrogens is 268 g/mol. The van der Waals surface area contributed by atoms with E-state index in [0.717, 1.165) is 25.7 Å². The number of amides is 2. The van der Waals surface area contributed by atoms with Crippen molar-refractivity contribution < 1.29 is 14.3 Å². The first kappa shape index (κ1) is 16.3. The van der Waals surface area contributed by atoms with Crippen LogP contribution in [0.5, 0.6) is 0 Å². The molecule has 2 unspecified atom stereocenters. The fraction of sp³-hybridized carbons (Fsp3) is 0.875. The summed E-state index contributed by atoms with van der Waals surface area (Å²) < 4.78 is 4.93. The van der Waals surface area contributed by atoms with E-state index in [9.17, 15) is 9.59 Å². The number of rotatable bonds is 4. The summed E-state index contributed by atoms with van der Waals surface area (Å²) in [6.45, 7) is 8.55. The van der Waals surface area contributed by atoms with Gasteiger partial charge in [0.1, 0.15) is 0 Å². The minimum Gasteiger partial charge on any atom is -0.385 e. The molecule has 1 heterocycles. The maximum absolute atomic E-state index is 12.4. The highest BCUT2D eigenvalue weighted by molar-refractivity contribution is 6.35. The summed E-state index contributed by atoms with van der Waals surface area (Å²) in [5.41, 5.74) is 0.417. The molecular formula is C16H28N2O3. The quantitative estimate of drug-likeness (QED) is 0.633. The van der Waals surface area contributed by atoms with E-state index in [1.807, 2.05) is 0 Å². The fourth-order valence-electron chi connectivity index (χ4n) is 4.32. The highest BCUT2D eigenvalue weighted by atomic mass is 16.5. The van der Waals surface area contributed by atoms with Crippen LogP contribution in [0.4, 0.5) is 0 Å². The van der Waals surface area contributed by atoms with Gasteiger partial charge in [0.15, 0.2) is 0 Å². The molecule has 120 valence electrons. The molecule has 21 heavy (non-hydrogen) atoms. The van der Waals surface area contributed by atoms with Gasteiger partial charge < -0.3 is 15.0 Å². The lowest BCUT2D eigenvalue weighted by molar-refractivity contribution is -0.146. The van der Waals surface area contributed by atoms with Gasteiger partial charge in [0.2, 0.25) is 0 Å². The molecule has 5 nitrogen and oxygen atoms in total. The fourth-order valence-corrected chi connectivity index (χ4v) is 4.32. The first-order chi connectivity index (χ1) is 9.76. The summed E-state index contributed by atoms with van der Waals surface area (Å²) in [7, 11) is 1.62. The van der Waals surface area contributed by atoms with E-state index < -0.39 is 5.91 Å². The van der Waals surface area contributed by atoms with Crippen molar-refractivity contribution >= 4 is 11.8 Å². The zero-order valence-corrected chi connectivity index (χ0v) is 13.7. The Morgan fingerprint density at radius 2 is 2.00 bits per heavy atom. The van der Waals surface area contributed by atoms with Crippen LogP contribution in [0.1, 0.15) is 46.5 Å². The number of fused-ring (bicyclic) bond motifs is 2. The smallest absolute Gasteiger partial charge is 0.312 e.